The lowest BCUT2D eigenvalue weighted by Crippen LogP contribution is -2.26. The van der Waals surface area contributed by atoms with E-state index in [2.05, 4.69) is 9.44 Å². The van der Waals surface area contributed by atoms with Crippen LogP contribution < -0.4 is 19.2 Å². The zero-order valence-corrected chi connectivity index (χ0v) is 25.6. The highest BCUT2D eigenvalue weighted by molar-refractivity contribution is 7.93. The van der Waals surface area contributed by atoms with Gasteiger partial charge in [0.25, 0.3) is 10.0 Å². The van der Waals surface area contributed by atoms with Crippen molar-refractivity contribution in [2.75, 3.05) is 49.3 Å². The van der Waals surface area contributed by atoms with Crippen LogP contribution in [-0.4, -0.2) is 51.6 Å². The molecule has 0 saturated carbocycles. The third-order valence-corrected chi connectivity index (χ3v) is 10.1. The Labute approximate surface area is 247 Å². The first-order valence-electron chi connectivity index (χ1n) is 13.5. The minimum absolute atomic E-state index is 0.196. The summed E-state index contributed by atoms with van der Waals surface area (Å²) in [7, 11) is 0.0906. The van der Waals surface area contributed by atoms with E-state index in [0.717, 1.165) is 27.7 Å². The van der Waals surface area contributed by atoms with Gasteiger partial charge in [-0.05, 0) is 48.4 Å². The van der Waals surface area contributed by atoms with Crippen LogP contribution in [-0.2, 0) is 26.5 Å². The molecule has 0 saturated heterocycles. The maximum atomic E-state index is 13.3. The number of hydrogen-bond donors (Lipinski definition) is 2. The molecule has 0 aliphatic heterocycles. The van der Waals surface area contributed by atoms with E-state index < -0.39 is 20.0 Å². The molecule has 8 nitrogen and oxygen atoms in total. The van der Waals surface area contributed by atoms with Crippen LogP contribution in [0.25, 0.3) is 21.5 Å². The van der Waals surface area contributed by atoms with Gasteiger partial charge in [0.2, 0.25) is 10.0 Å². The summed E-state index contributed by atoms with van der Waals surface area (Å²) in [6.07, 6.45) is 0.441. The largest absolute Gasteiger partial charge is 0.377 e. The van der Waals surface area contributed by atoms with Crippen LogP contribution in [0, 0.1) is 0 Å². The summed E-state index contributed by atoms with van der Waals surface area (Å²) in [6, 6.07) is 28.7. The van der Waals surface area contributed by atoms with E-state index in [1.54, 1.807) is 54.6 Å². The smallest absolute Gasteiger partial charge is 0.262 e. The molecule has 42 heavy (non-hydrogen) atoms. The average molecular weight is 603 g/mol. The third-order valence-electron chi connectivity index (χ3n) is 7.17. The number of hydrogen-bond acceptors (Lipinski definition) is 6. The Bertz CT molecular complexity index is 1970. The molecule has 0 radical (unpaired) electrons. The average Bonchev–Trinajstić information content (AvgIpc) is 2.96. The van der Waals surface area contributed by atoms with Gasteiger partial charge in [-0.25, -0.2) is 21.6 Å². The Balaban J connectivity index is 1.28. The molecule has 0 unspecified atom stereocenters. The molecule has 0 aliphatic carbocycles. The molecule has 5 aromatic carbocycles. The summed E-state index contributed by atoms with van der Waals surface area (Å²) in [5, 5.41) is 3.02. The maximum absolute atomic E-state index is 13.3. The predicted molar refractivity (Wildman–Crippen MR) is 173 cm³/mol. The number of anilines is 3. The fraction of sp³-hybridized carbons (Fsp3) is 0.188. The van der Waals surface area contributed by atoms with Gasteiger partial charge in [-0.15, -0.1) is 0 Å². The SMILES string of the molecule is CN(C)c1cccc2c(S(=O)(=O)NCCc3ccc(NS(=O)(=O)c4cccc5c(N(C)C)cccc45)cc3)cccc12. The van der Waals surface area contributed by atoms with E-state index in [0.29, 0.717) is 22.9 Å². The van der Waals surface area contributed by atoms with Gasteiger partial charge in [0, 0.05) is 73.3 Å². The molecule has 0 spiro atoms. The van der Waals surface area contributed by atoms with Crippen LogP contribution in [0.5, 0.6) is 0 Å². The molecule has 10 heteroatoms. The first-order chi connectivity index (χ1) is 20.0. The Kier molecular flexibility index (Phi) is 8.14. The van der Waals surface area contributed by atoms with E-state index in [-0.39, 0.29) is 16.3 Å². The van der Waals surface area contributed by atoms with Crippen molar-refractivity contribution in [3.05, 3.63) is 103 Å². The number of nitrogens with zero attached hydrogens (tertiary/aromatic N) is 2. The van der Waals surface area contributed by atoms with E-state index in [1.165, 1.54) is 0 Å². The maximum Gasteiger partial charge on any atom is 0.262 e. The van der Waals surface area contributed by atoms with Gasteiger partial charge in [0.1, 0.15) is 0 Å². The van der Waals surface area contributed by atoms with Gasteiger partial charge in [0.15, 0.2) is 0 Å². The fourth-order valence-corrected chi connectivity index (χ4v) is 7.67. The first kappa shape index (κ1) is 29.4. The van der Waals surface area contributed by atoms with Gasteiger partial charge < -0.3 is 9.80 Å². The summed E-state index contributed by atoms with van der Waals surface area (Å²) in [5.41, 5.74) is 3.17. The molecule has 0 fully saturated rings. The second-order valence-electron chi connectivity index (χ2n) is 10.5. The van der Waals surface area contributed by atoms with Crippen molar-refractivity contribution in [3.8, 4) is 0 Å². The Morgan fingerprint density at radius 3 is 1.50 bits per heavy atom. The third kappa shape index (κ3) is 5.92. The van der Waals surface area contributed by atoms with E-state index in [9.17, 15) is 16.8 Å². The molecule has 0 atom stereocenters. The highest BCUT2D eigenvalue weighted by atomic mass is 32.2. The van der Waals surface area contributed by atoms with Crippen LogP contribution >= 0.6 is 0 Å². The monoisotopic (exact) mass is 602 g/mol. The molecule has 0 aromatic heterocycles. The van der Waals surface area contributed by atoms with Gasteiger partial charge in [0.05, 0.1) is 9.79 Å². The molecular formula is C32H34N4O4S2. The summed E-state index contributed by atoms with van der Waals surface area (Å²) < 4.78 is 58.5. The zero-order valence-electron chi connectivity index (χ0n) is 24.0. The number of sulfonamides is 2. The van der Waals surface area contributed by atoms with E-state index in [4.69, 9.17) is 0 Å². The Hall–Kier alpha value is -4.12. The number of fused-ring (bicyclic) bond motifs is 2. The minimum atomic E-state index is -3.85. The first-order valence-corrected chi connectivity index (χ1v) is 16.4. The van der Waals surface area contributed by atoms with E-state index >= 15 is 0 Å². The van der Waals surface area contributed by atoms with Crippen LogP contribution in [0.15, 0.2) is 107 Å². The van der Waals surface area contributed by atoms with Gasteiger partial charge >= 0.3 is 0 Å². The highest BCUT2D eigenvalue weighted by Gasteiger charge is 2.20. The predicted octanol–water partition coefficient (Wildman–Crippen LogP) is 5.45. The molecule has 2 N–H and O–H groups in total. The van der Waals surface area contributed by atoms with Crippen molar-refractivity contribution in [2.45, 2.75) is 16.2 Å². The lowest BCUT2D eigenvalue weighted by molar-refractivity contribution is 0.582. The van der Waals surface area contributed by atoms with Gasteiger partial charge in [-0.2, -0.15) is 0 Å². The molecule has 0 amide bonds. The Morgan fingerprint density at radius 1 is 0.548 bits per heavy atom. The minimum Gasteiger partial charge on any atom is -0.377 e. The molecule has 0 bridgehead atoms. The van der Waals surface area contributed by atoms with Crippen molar-refractivity contribution < 1.29 is 16.8 Å². The highest BCUT2D eigenvalue weighted by Crippen LogP contribution is 2.32. The summed E-state index contributed by atoms with van der Waals surface area (Å²) >= 11 is 0. The topological polar surface area (TPSA) is 98.8 Å². The number of benzene rings is 5. The standard InChI is InChI=1S/C32H34N4O4S2/c1-35(2)29-13-5-11-27-25(29)9-7-15-31(27)41(37,38)33-22-21-23-17-19-24(20-18-23)34-42(39,40)32-16-8-10-26-28(32)12-6-14-30(26)36(3)4/h5-20,33-34H,21-22H2,1-4H3. The van der Waals surface area contributed by atoms with Crippen LogP contribution in [0.4, 0.5) is 17.1 Å². The summed E-state index contributed by atoms with van der Waals surface area (Å²) in [5.74, 6) is 0. The Morgan fingerprint density at radius 2 is 1.00 bits per heavy atom. The van der Waals surface area contributed by atoms with Gasteiger partial charge in [-0.1, -0.05) is 60.7 Å². The normalized spacial score (nSPS) is 12.0. The number of nitrogens with one attached hydrogen (secondary N) is 2. The van der Waals surface area contributed by atoms with Crippen molar-refractivity contribution in [1.82, 2.24) is 4.72 Å². The lowest BCUT2D eigenvalue weighted by Gasteiger charge is -2.17. The van der Waals surface area contributed by atoms with E-state index in [1.807, 2.05) is 80.5 Å². The van der Waals surface area contributed by atoms with Crippen molar-refractivity contribution in [2.24, 2.45) is 0 Å². The molecule has 5 rings (SSSR count). The molecule has 5 aromatic rings. The summed E-state index contributed by atoms with van der Waals surface area (Å²) in [4.78, 5) is 4.35. The summed E-state index contributed by atoms with van der Waals surface area (Å²) in [6.45, 7) is 0.196. The van der Waals surface area contributed by atoms with Crippen molar-refractivity contribution in [3.63, 3.8) is 0 Å². The second kappa shape index (κ2) is 11.6. The lowest BCUT2D eigenvalue weighted by atomic mass is 10.1. The quantitative estimate of drug-likeness (QED) is 0.221. The number of rotatable bonds is 10. The fourth-order valence-electron chi connectivity index (χ4n) is 5.13. The zero-order chi connectivity index (χ0) is 30.1. The second-order valence-corrected chi connectivity index (χ2v) is 13.9. The molecule has 218 valence electrons. The van der Waals surface area contributed by atoms with Crippen molar-refractivity contribution >= 4 is 58.7 Å². The van der Waals surface area contributed by atoms with Crippen LogP contribution in [0.3, 0.4) is 0 Å². The van der Waals surface area contributed by atoms with Crippen LogP contribution in [0.1, 0.15) is 5.56 Å². The van der Waals surface area contributed by atoms with Crippen molar-refractivity contribution in [1.29, 1.82) is 0 Å². The molecule has 0 heterocycles. The van der Waals surface area contributed by atoms with Gasteiger partial charge in [-0.3, -0.25) is 4.72 Å². The van der Waals surface area contributed by atoms with Crippen LogP contribution in [0.2, 0.25) is 0 Å². The molecule has 0 aliphatic rings. The molecular weight excluding hydrogens is 569 g/mol.